The number of hydrogen-bond acceptors (Lipinski definition) is 2. The Bertz CT molecular complexity index is 1630. The van der Waals surface area contributed by atoms with Crippen molar-refractivity contribution >= 4 is 11.7 Å². The fraction of sp³-hybridized carbons (Fsp3) is 0.188. The molecule has 5 aromatic rings. The van der Waals surface area contributed by atoms with Crippen molar-refractivity contribution in [2.24, 2.45) is 0 Å². The van der Waals surface area contributed by atoms with E-state index in [1.165, 1.54) is 11.1 Å². The molecule has 1 N–H and O–H groups in total. The molecule has 2 aromatic heterocycles. The number of fused-ring (bicyclic) bond motifs is 3. The van der Waals surface area contributed by atoms with Crippen molar-refractivity contribution in [2.45, 2.75) is 40.3 Å². The van der Waals surface area contributed by atoms with Gasteiger partial charge in [-0.05, 0) is 80.8 Å². The van der Waals surface area contributed by atoms with Gasteiger partial charge >= 0.3 is 6.03 Å². The Morgan fingerprint density at radius 2 is 1.63 bits per heavy atom. The summed E-state index contributed by atoms with van der Waals surface area (Å²) in [6, 6.07) is 28.4. The van der Waals surface area contributed by atoms with E-state index in [4.69, 9.17) is 5.10 Å². The summed E-state index contributed by atoms with van der Waals surface area (Å²) in [6.07, 6.45) is 2.07. The Morgan fingerprint density at radius 3 is 2.37 bits per heavy atom. The number of hydrogen-bond donors (Lipinski definition) is 1. The topological polar surface area (TPSA) is 55.1 Å². The number of rotatable bonds is 3. The molecule has 0 saturated heterocycles. The molecular weight excluding hydrogens is 470 g/mol. The van der Waals surface area contributed by atoms with E-state index in [9.17, 15) is 4.79 Å². The lowest BCUT2D eigenvalue weighted by Gasteiger charge is -2.31. The van der Waals surface area contributed by atoms with Crippen LogP contribution in [0.3, 0.4) is 0 Å². The van der Waals surface area contributed by atoms with E-state index < -0.39 is 0 Å². The molecule has 0 saturated carbocycles. The third kappa shape index (κ3) is 4.08. The van der Waals surface area contributed by atoms with E-state index >= 15 is 0 Å². The van der Waals surface area contributed by atoms with Gasteiger partial charge in [-0.2, -0.15) is 5.10 Å². The van der Waals surface area contributed by atoms with E-state index in [1.54, 1.807) is 0 Å². The number of nitrogens with zero attached hydrogens (tertiary/aromatic N) is 4. The molecule has 0 radical (unpaired) electrons. The first-order valence-electron chi connectivity index (χ1n) is 12.9. The van der Waals surface area contributed by atoms with Gasteiger partial charge in [-0.15, -0.1) is 0 Å². The molecule has 190 valence electrons. The van der Waals surface area contributed by atoms with Crippen LogP contribution >= 0.6 is 0 Å². The quantitative estimate of drug-likeness (QED) is 0.288. The van der Waals surface area contributed by atoms with Gasteiger partial charge in [0.15, 0.2) is 0 Å². The maximum Gasteiger partial charge on any atom is 0.322 e. The van der Waals surface area contributed by atoms with E-state index in [0.29, 0.717) is 6.54 Å². The van der Waals surface area contributed by atoms with E-state index in [-0.39, 0.29) is 12.1 Å². The molecule has 0 spiro atoms. The third-order valence-electron chi connectivity index (χ3n) is 7.50. The van der Waals surface area contributed by atoms with Crippen LogP contribution in [0, 0.1) is 27.7 Å². The highest BCUT2D eigenvalue weighted by Crippen LogP contribution is 2.38. The molecule has 2 amide bonds. The minimum absolute atomic E-state index is 0.147. The van der Waals surface area contributed by atoms with E-state index in [0.717, 1.165) is 45.3 Å². The van der Waals surface area contributed by atoms with Crippen LogP contribution in [0.1, 0.15) is 45.2 Å². The summed E-state index contributed by atoms with van der Waals surface area (Å²) in [6.45, 7) is 8.66. The number of carbonyl (C=O) groups is 1. The van der Waals surface area contributed by atoms with Crippen LogP contribution in [0.2, 0.25) is 0 Å². The van der Waals surface area contributed by atoms with Crippen LogP contribution in [-0.4, -0.2) is 25.3 Å². The molecule has 1 atom stereocenters. The predicted molar refractivity (Wildman–Crippen MR) is 151 cm³/mol. The molecule has 38 heavy (non-hydrogen) atoms. The fourth-order valence-electron chi connectivity index (χ4n) is 5.26. The van der Waals surface area contributed by atoms with Gasteiger partial charge in [0, 0.05) is 17.4 Å². The van der Waals surface area contributed by atoms with Crippen LogP contribution in [0.15, 0.2) is 91.1 Å². The normalized spacial score (nSPS) is 14.5. The molecule has 0 fully saturated rings. The third-order valence-corrected chi connectivity index (χ3v) is 7.50. The summed E-state index contributed by atoms with van der Waals surface area (Å²) in [5.74, 6) is 0.965. The Hall–Kier alpha value is -4.58. The summed E-state index contributed by atoms with van der Waals surface area (Å²) in [5.41, 5.74) is 9.30. The summed E-state index contributed by atoms with van der Waals surface area (Å²) in [4.78, 5) is 16.0. The fourth-order valence-corrected chi connectivity index (χ4v) is 5.26. The van der Waals surface area contributed by atoms with Crippen molar-refractivity contribution in [3.05, 3.63) is 130 Å². The van der Waals surface area contributed by atoms with Gasteiger partial charge in [0.25, 0.3) is 0 Å². The van der Waals surface area contributed by atoms with Crippen LogP contribution < -0.4 is 5.32 Å². The van der Waals surface area contributed by atoms with Crippen LogP contribution in [0.4, 0.5) is 10.5 Å². The number of carbonyl (C=O) groups excluding carboxylic acids is 1. The van der Waals surface area contributed by atoms with Crippen LogP contribution in [0.25, 0.3) is 11.5 Å². The van der Waals surface area contributed by atoms with Gasteiger partial charge in [0.2, 0.25) is 0 Å². The lowest BCUT2D eigenvalue weighted by Crippen LogP contribution is -2.38. The Balaban J connectivity index is 1.52. The molecule has 6 heteroatoms. The monoisotopic (exact) mass is 501 g/mol. The first kappa shape index (κ1) is 23.8. The molecule has 0 bridgehead atoms. The molecule has 1 unspecified atom stereocenters. The van der Waals surface area contributed by atoms with E-state index in [2.05, 4.69) is 79.3 Å². The molecular formula is C32H31N5O. The number of aryl methyl sites for hydroxylation is 4. The zero-order valence-electron chi connectivity index (χ0n) is 22.1. The number of para-hydroxylation sites is 1. The largest absolute Gasteiger partial charge is 0.322 e. The van der Waals surface area contributed by atoms with Gasteiger partial charge < -0.3 is 14.8 Å². The average Bonchev–Trinajstić information content (AvgIpc) is 3.48. The molecule has 6 rings (SSSR count). The summed E-state index contributed by atoms with van der Waals surface area (Å²) < 4.78 is 4.18. The Labute approximate surface area is 223 Å². The highest BCUT2D eigenvalue weighted by molar-refractivity contribution is 5.90. The highest BCUT2D eigenvalue weighted by Gasteiger charge is 2.36. The lowest BCUT2D eigenvalue weighted by molar-refractivity contribution is 0.194. The molecule has 3 heterocycles. The summed E-state index contributed by atoms with van der Waals surface area (Å²) in [7, 11) is 0. The smallest absolute Gasteiger partial charge is 0.308 e. The van der Waals surface area contributed by atoms with Gasteiger partial charge in [0.05, 0.1) is 29.7 Å². The van der Waals surface area contributed by atoms with Crippen molar-refractivity contribution in [1.82, 2.24) is 19.2 Å². The second-order valence-corrected chi connectivity index (χ2v) is 10.1. The number of nitrogens with one attached hydrogen (secondary N) is 1. The number of amides is 2. The van der Waals surface area contributed by atoms with Crippen LogP contribution in [-0.2, 0) is 6.54 Å². The number of urea groups is 1. The minimum Gasteiger partial charge on any atom is -0.308 e. The van der Waals surface area contributed by atoms with E-state index in [1.807, 2.05) is 59.0 Å². The predicted octanol–water partition coefficient (Wildman–Crippen LogP) is 7.03. The molecule has 3 aromatic carbocycles. The van der Waals surface area contributed by atoms with Crippen molar-refractivity contribution in [2.75, 3.05) is 5.32 Å². The standard InChI is InChI=1S/C32H31N5O/c1-21-12-15-25(16-13-21)30-29-11-8-18-35(29)31-28(24(4)34-37(31)27-9-6-5-7-10-27)20-36(30)32(38)33-26-17-14-22(2)23(3)19-26/h5-19,30H,20H2,1-4H3,(H,33,38). The zero-order valence-corrected chi connectivity index (χ0v) is 22.1. The SMILES string of the molecule is Cc1ccc(C2c3cccn3-c3c(c(C)nn3-c3ccccc3)CN2C(=O)Nc2ccc(C)c(C)c2)cc1. The second-order valence-electron chi connectivity index (χ2n) is 10.1. The number of aromatic nitrogens is 3. The van der Waals surface area contributed by atoms with Crippen LogP contribution in [0.5, 0.6) is 0 Å². The first-order chi connectivity index (χ1) is 18.4. The average molecular weight is 502 g/mol. The Kier molecular flexibility index (Phi) is 5.87. The molecule has 1 aliphatic rings. The van der Waals surface area contributed by atoms with Gasteiger partial charge in [-0.25, -0.2) is 9.48 Å². The maximum absolute atomic E-state index is 14.1. The van der Waals surface area contributed by atoms with Crippen molar-refractivity contribution in [1.29, 1.82) is 0 Å². The highest BCUT2D eigenvalue weighted by atomic mass is 16.2. The van der Waals surface area contributed by atoms with Gasteiger partial charge in [0.1, 0.15) is 5.82 Å². The number of benzene rings is 3. The van der Waals surface area contributed by atoms with Gasteiger partial charge in [-0.3, -0.25) is 0 Å². The van der Waals surface area contributed by atoms with Crippen molar-refractivity contribution in [3.8, 4) is 11.5 Å². The maximum atomic E-state index is 14.1. The minimum atomic E-state index is -0.284. The van der Waals surface area contributed by atoms with Gasteiger partial charge in [-0.1, -0.05) is 54.1 Å². The molecule has 1 aliphatic heterocycles. The Morgan fingerprint density at radius 1 is 0.868 bits per heavy atom. The summed E-state index contributed by atoms with van der Waals surface area (Å²) in [5, 5.41) is 8.11. The first-order valence-corrected chi connectivity index (χ1v) is 12.9. The molecule has 6 nitrogen and oxygen atoms in total. The second kappa shape index (κ2) is 9.38. The molecule has 0 aliphatic carbocycles. The van der Waals surface area contributed by atoms with Crippen molar-refractivity contribution in [3.63, 3.8) is 0 Å². The number of anilines is 1. The van der Waals surface area contributed by atoms with Crippen molar-refractivity contribution < 1.29 is 4.79 Å². The summed E-state index contributed by atoms with van der Waals surface area (Å²) >= 11 is 0. The lowest BCUT2D eigenvalue weighted by atomic mass is 10.0. The zero-order chi connectivity index (χ0) is 26.4.